The molecular weight excluding hydrogens is 376 g/mol. The summed E-state index contributed by atoms with van der Waals surface area (Å²) in [6.45, 7) is 2.57. The van der Waals surface area contributed by atoms with Crippen molar-refractivity contribution in [1.82, 2.24) is 0 Å². The molecule has 0 radical (unpaired) electrons. The molecule has 0 spiro atoms. The van der Waals surface area contributed by atoms with Crippen LogP contribution in [0.25, 0.3) is 11.1 Å². The van der Waals surface area contributed by atoms with Gasteiger partial charge < -0.3 is 15.0 Å². The van der Waals surface area contributed by atoms with Crippen LogP contribution in [0.3, 0.4) is 0 Å². The maximum Gasteiger partial charge on any atom is 0.253 e. The zero-order valence-electron chi connectivity index (χ0n) is 16.9. The molecule has 0 aromatic heterocycles. The molecule has 0 atom stereocenters. The lowest BCUT2D eigenvalue weighted by Gasteiger charge is -2.23. The lowest BCUT2D eigenvalue weighted by molar-refractivity contribution is -0.123. The van der Waals surface area contributed by atoms with Crippen molar-refractivity contribution in [3.63, 3.8) is 0 Å². The highest BCUT2D eigenvalue weighted by Gasteiger charge is 2.23. The molecule has 0 saturated heterocycles. The minimum absolute atomic E-state index is 0.0231. The predicted molar refractivity (Wildman–Crippen MR) is 118 cm³/mol. The first kappa shape index (κ1) is 19.9. The van der Waals surface area contributed by atoms with E-state index in [1.165, 1.54) is 12.5 Å². The van der Waals surface area contributed by atoms with E-state index in [4.69, 9.17) is 4.74 Å². The molecule has 152 valence electrons. The Kier molecular flexibility index (Phi) is 5.91. The van der Waals surface area contributed by atoms with Gasteiger partial charge in [0.15, 0.2) is 0 Å². The summed E-state index contributed by atoms with van der Waals surface area (Å²) >= 11 is 0. The summed E-state index contributed by atoms with van der Waals surface area (Å²) in [7, 11) is 0. The maximum atomic E-state index is 12.7. The second-order valence-electron chi connectivity index (χ2n) is 7.38. The van der Waals surface area contributed by atoms with Crippen LogP contribution < -0.4 is 10.2 Å². The predicted octanol–water partition coefficient (Wildman–Crippen LogP) is 4.42. The molecule has 4 rings (SSSR count). The summed E-state index contributed by atoms with van der Waals surface area (Å²) in [5.74, 6) is -0.125. The quantitative estimate of drug-likeness (QED) is 0.690. The average molecular weight is 400 g/mol. The molecule has 2 amide bonds. The normalized spacial score (nSPS) is 13.5. The fourth-order valence-corrected chi connectivity index (χ4v) is 3.72. The summed E-state index contributed by atoms with van der Waals surface area (Å²) in [6, 6.07) is 24.0. The molecule has 30 heavy (non-hydrogen) atoms. The van der Waals surface area contributed by atoms with E-state index in [2.05, 4.69) is 23.5 Å². The van der Waals surface area contributed by atoms with Crippen molar-refractivity contribution in [2.45, 2.75) is 20.0 Å². The Morgan fingerprint density at radius 2 is 1.77 bits per heavy atom. The number of fused-ring (bicyclic) bond motifs is 1. The second kappa shape index (κ2) is 8.93. The van der Waals surface area contributed by atoms with Crippen molar-refractivity contribution in [2.24, 2.45) is 0 Å². The van der Waals surface area contributed by atoms with Crippen LogP contribution in [-0.2, 0) is 27.4 Å². The van der Waals surface area contributed by atoms with Gasteiger partial charge in [0, 0.05) is 30.4 Å². The molecule has 0 unspecified atom stereocenters. The smallest absolute Gasteiger partial charge is 0.253 e. The van der Waals surface area contributed by atoms with Crippen LogP contribution in [0.2, 0.25) is 0 Å². The molecule has 1 heterocycles. The number of amides is 2. The minimum Gasteiger partial charge on any atom is -0.367 e. The van der Waals surface area contributed by atoms with Gasteiger partial charge in [-0.2, -0.15) is 0 Å². The molecule has 3 aromatic rings. The standard InChI is InChI=1S/C25H24N2O3/c1-18(28)26-23-9-5-8-20(15-23)21-10-11-24-22(14-21)16-30-17-25(29)27(24)13-12-19-6-3-2-4-7-19/h2-11,14-15H,12-13,16-17H2,1H3,(H,26,28). The number of ether oxygens (including phenoxy) is 1. The Balaban J connectivity index is 1.61. The summed E-state index contributed by atoms with van der Waals surface area (Å²) in [6.07, 6.45) is 0.784. The highest BCUT2D eigenvalue weighted by molar-refractivity contribution is 5.96. The van der Waals surface area contributed by atoms with E-state index in [1.54, 1.807) is 0 Å². The first-order chi connectivity index (χ1) is 14.6. The SMILES string of the molecule is CC(=O)Nc1cccc(-c2ccc3c(c2)COCC(=O)N3CCc2ccccc2)c1. The number of nitrogens with one attached hydrogen (secondary N) is 1. The minimum atomic E-state index is -0.102. The summed E-state index contributed by atoms with van der Waals surface area (Å²) in [5, 5.41) is 2.82. The van der Waals surface area contributed by atoms with Gasteiger partial charge in [0.05, 0.1) is 6.61 Å². The molecule has 0 aliphatic carbocycles. The Labute approximate surface area is 176 Å². The third-order valence-corrected chi connectivity index (χ3v) is 5.14. The molecule has 0 saturated carbocycles. The summed E-state index contributed by atoms with van der Waals surface area (Å²) < 4.78 is 5.63. The number of hydrogen-bond acceptors (Lipinski definition) is 3. The van der Waals surface area contributed by atoms with Crippen molar-refractivity contribution in [2.75, 3.05) is 23.4 Å². The highest BCUT2D eigenvalue weighted by atomic mass is 16.5. The van der Waals surface area contributed by atoms with Crippen LogP contribution in [0, 0.1) is 0 Å². The van der Waals surface area contributed by atoms with Gasteiger partial charge in [-0.3, -0.25) is 9.59 Å². The van der Waals surface area contributed by atoms with Gasteiger partial charge >= 0.3 is 0 Å². The lowest BCUT2D eigenvalue weighted by Crippen LogP contribution is -2.34. The maximum absolute atomic E-state index is 12.7. The number of carbonyl (C=O) groups excluding carboxylic acids is 2. The third-order valence-electron chi connectivity index (χ3n) is 5.14. The Morgan fingerprint density at radius 1 is 0.967 bits per heavy atom. The van der Waals surface area contributed by atoms with Crippen molar-refractivity contribution >= 4 is 23.2 Å². The van der Waals surface area contributed by atoms with Gasteiger partial charge in [-0.05, 0) is 47.4 Å². The van der Waals surface area contributed by atoms with Gasteiger partial charge in [-0.1, -0.05) is 48.5 Å². The van der Waals surface area contributed by atoms with Crippen molar-refractivity contribution in [3.8, 4) is 11.1 Å². The summed E-state index contributed by atoms with van der Waals surface area (Å²) in [5.41, 5.74) is 5.85. The van der Waals surface area contributed by atoms with E-state index < -0.39 is 0 Å². The van der Waals surface area contributed by atoms with Crippen molar-refractivity contribution < 1.29 is 14.3 Å². The fourth-order valence-electron chi connectivity index (χ4n) is 3.72. The van der Waals surface area contributed by atoms with E-state index in [1.807, 2.05) is 59.5 Å². The van der Waals surface area contributed by atoms with Gasteiger partial charge in [0.25, 0.3) is 5.91 Å². The van der Waals surface area contributed by atoms with Gasteiger partial charge in [-0.25, -0.2) is 0 Å². The van der Waals surface area contributed by atoms with Gasteiger partial charge in [-0.15, -0.1) is 0 Å². The molecular formula is C25H24N2O3. The number of rotatable bonds is 5. The molecule has 1 aliphatic rings. The lowest BCUT2D eigenvalue weighted by atomic mass is 10.0. The molecule has 5 nitrogen and oxygen atoms in total. The molecule has 0 bridgehead atoms. The Hall–Kier alpha value is -3.44. The second-order valence-corrected chi connectivity index (χ2v) is 7.38. The van der Waals surface area contributed by atoms with Crippen LogP contribution in [0.15, 0.2) is 72.8 Å². The zero-order chi connectivity index (χ0) is 20.9. The third kappa shape index (κ3) is 4.58. The molecule has 1 N–H and O–H groups in total. The fraction of sp³-hybridized carbons (Fsp3) is 0.200. The van der Waals surface area contributed by atoms with Gasteiger partial charge in [0.2, 0.25) is 5.91 Å². The monoisotopic (exact) mass is 400 g/mol. The van der Waals surface area contributed by atoms with Crippen LogP contribution in [0.5, 0.6) is 0 Å². The van der Waals surface area contributed by atoms with Crippen molar-refractivity contribution in [3.05, 3.63) is 83.9 Å². The average Bonchev–Trinajstić information content (AvgIpc) is 2.90. The number of hydrogen-bond donors (Lipinski definition) is 1. The zero-order valence-corrected chi connectivity index (χ0v) is 16.9. The molecule has 0 fully saturated rings. The Bertz CT molecular complexity index is 1060. The van der Waals surface area contributed by atoms with Crippen LogP contribution in [0.1, 0.15) is 18.1 Å². The van der Waals surface area contributed by atoms with Crippen LogP contribution in [0.4, 0.5) is 11.4 Å². The Morgan fingerprint density at radius 3 is 2.57 bits per heavy atom. The number of anilines is 2. The van der Waals surface area contributed by atoms with Gasteiger partial charge in [0.1, 0.15) is 6.61 Å². The highest BCUT2D eigenvalue weighted by Crippen LogP contribution is 2.31. The largest absolute Gasteiger partial charge is 0.367 e. The number of carbonyl (C=O) groups is 2. The summed E-state index contributed by atoms with van der Waals surface area (Å²) in [4.78, 5) is 25.8. The van der Waals surface area contributed by atoms with E-state index in [9.17, 15) is 9.59 Å². The van der Waals surface area contributed by atoms with E-state index in [-0.39, 0.29) is 18.4 Å². The molecule has 5 heteroatoms. The number of benzene rings is 3. The molecule has 1 aliphatic heterocycles. The topological polar surface area (TPSA) is 58.6 Å². The van der Waals surface area contributed by atoms with E-state index in [0.717, 1.165) is 34.5 Å². The first-order valence-corrected chi connectivity index (χ1v) is 10.0. The van der Waals surface area contributed by atoms with E-state index in [0.29, 0.717) is 13.2 Å². The van der Waals surface area contributed by atoms with Crippen LogP contribution in [-0.4, -0.2) is 25.0 Å². The van der Waals surface area contributed by atoms with Crippen molar-refractivity contribution in [1.29, 1.82) is 0 Å². The first-order valence-electron chi connectivity index (χ1n) is 10.0. The van der Waals surface area contributed by atoms with E-state index >= 15 is 0 Å². The number of nitrogens with zero attached hydrogens (tertiary/aromatic N) is 1. The van der Waals surface area contributed by atoms with Crippen LogP contribution >= 0.6 is 0 Å². The molecule has 3 aromatic carbocycles.